The second-order valence-corrected chi connectivity index (χ2v) is 5.04. The second kappa shape index (κ2) is 6.96. The van der Waals surface area contributed by atoms with E-state index < -0.39 is 5.97 Å². The monoisotopic (exact) mass is 267 g/mol. The van der Waals surface area contributed by atoms with Gasteiger partial charge in [-0.25, -0.2) is 4.79 Å². The fourth-order valence-corrected chi connectivity index (χ4v) is 2.07. The average molecular weight is 267 g/mol. The van der Waals surface area contributed by atoms with Gasteiger partial charge in [-0.15, -0.1) is 11.3 Å². The Kier molecular flexibility index (Phi) is 5.58. The molecule has 18 heavy (non-hydrogen) atoms. The maximum atomic E-state index is 11.6. The number of nitrogens with one attached hydrogen (secondary N) is 1. The molecule has 0 aliphatic rings. The highest BCUT2D eigenvalue weighted by molar-refractivity contribution is 7.10. The van der Waals surface area contributed by atoms with E-state index in [1.165, 1.54) is 11.3 Å². The molecule has 0 aliphatic carbocycles. The number of carboxylic acid groups (broad SMARTS) is 1. The van der Waals surface area contributed by atoms with Gasteiger partial charge in [-0.05, 0) is 29.5 Å². The van der Waals surface area contributed by atoms with Crippen LogP contribution in [-0.2, 0) is 16.1 Å². The van der Waals surface area contributed by atoms with Crippen LogP contribution in [0.25, 0.3) is 6.08 Å². The van der Waals surface area contributed by atoms with Crippen LogP contribution in [0.15, 0.2) is 17.5 Å². The van der Waals surface area contributed by atoms with Gasteiger partial charge in [0.1, 0.15) is 0 Å². The first-order valence-electron chi connectivity index (χ1n) is 5.79. The zero-order chi connectivity index (χ0) is 13.5. The summed E-state index contributed by atoms with van der Waals surface area (Å²) in [4.78, 5) is 22.9. The summed E-state index contributed by atoms with van der Waals surface area (Å²) >= 11 is 1.50. The number of hydrogen-bond acceptors (Lipinski definition) is 3. The quantitative estimate of drug-likeness (QED) is 0.778. The van der Waals surface area contributed by atoms with Crippen molar-refractivity contribution in [1.29, 1.82) is 0 Å². The standard InChI is InChI=1S/C13H17NO3S/c1-3-9(2)13(17)14-7-11-6-10(8-18-11)4-5-12(15)16/h4-6,8-9H,3,7H2,1-2H3,(H,14,17)(H,15,16). The summed E-state index contributed by atoms with van der Waals surface area (Å²) in [7, 11) is 0. The summed E-state index contributed by atoms with van der Waals surface area (Å²) in [6.07, 6.45) is 3.46. The van der Waals surface area contributed by atoms with E-state index in [0.29, 0.717) is 6.54 Å². The summed E-state index contributed by atoms with van der Waals surface area (Å²) < 4.78 is 0. The van der Waals surface area contributed by atoms with Crippen LogP contribution in [0.4, 0.5) is 0 Å². The Morgan fingerprint density at radius 3 is 2.89 bits per heavy atom. The van der Waals surface area contributed by atoms with Gasteiger partial charge in [-0.1, -0.05) is 13.8 Å². The van der Waals surface area contributed by atoms with E-state index in [-0.39, 0.29) is 11.8 Å². The van der Waals surface area contributed by atoms with E-state index in [9.17, 15) is 9.59 Å². The molecular weight excluding hydrogens is 250 g/mol. The third-order valence-corrected chi connectivity index (χ3v) is 3.54. The number of carboxylic acids is 1. The Bertz CT molecular complexity index is 451. The van der Waals surface area contributed by atoms with Gasteiger partial charge in [0.2, 0.25) is 5.91 Å². The molecule has 0 saturated heterocycles. The van der Waals surface area contributed by atoms with Crippen molar-refractivity contribution >= 4 is 29.3 Å². The maximum absolute atomic E-state index is 11.6. The Hall–Kier alpha value is -1.62. The van der Waals surface area contributed by atoms with E-state index in [2.05, 4.69) is 5.32 Å². The van der Waals surface area contributed by atoms with Gasteiger partial charge in [0.25, 0.3) is 0 Å². The van der Waals surface area contributed by atoms with Crippen molar-refractivity contribution < 1.29 is 14.7 Å². The molecule has 2 N–H and O–H groups in total. The predicted molar refractivity (Wildman–Crippen MR) is 72.3 cm³/mol. The van der Waals surface area contributed by atoms with Crippen LogP contribution in [0.2, 0.25) is 0 Å². The van der Waals surface area contributed by atoms with E-state index in [0.717, 1.165) is 22.9 Å². The molecule has 1 rings (SSSR count). The minimum absolute atomic E-state index is 0.0244. The number of rotatable bonds is 6. The van der Waals surface area contributed by atoms with E-state index in [1.807, 2.05) is 25.3 Å². The predicted octanol–water partition coefficient (Wildman–Crippen LogP) is 2.51. The molecule has 1 aromatic heterocycles. The van der Waals surface area contributed by atoms with Gasteiger partial charge in [-0.2, -0.15) is 0 Å². The first-order chi connectivity index (χ1) is 8.52. The lowest BCUT2D eigenvalue weighted by atomic mass is 10.1. The third kappa shape index (κ3) is 4.71. The first kappa shape index (κ1) is 14.4. The Morgan fingerprint density at radius 2 is 2.28 bits per heavy atom. The molecule has 0 saturated carbocycles. The highest BCUT2D eigenvalue weighted by atomic mass is 32.1. The molecule has 0 fully saturated rings. The number of carbonyl (C=O) groups excluding carboxylic acids is 1. The number of carbonyl (C=O) groups is 2. The van der Waals surface area contributed by atoms with Crippen LogP contribution in [-0.4, -0.2) is 17.0 Å². The molecule has 1 aromatic rings. The number of amides is 1. The number of aliphatic carboxylic acids is 1. The topological polar surface area (TPSA) is 66.4 Å². The summed E-state index contributed by atoms with van der Waals surface area (Å²) in [6, 6.07) is 1.88. The number of hydrogen-bond donors (Lipinski definition) is 2. The Morgan fingerprint density at radius 1 is 1.56 bits per heavy atom. The molecule has 1 heterocycles. The molecule has 5 heteroatoms. The molecule has 1 atom stereocenters. The smallest absolute Gasteiger partial charge is 0.328 e. The summed E-state index contributed by atoms with van der Waals surface area (Å²) in [5.41, 5.74) is 0.843. The fraction of sp³-hybridized carbons (Fsp3) is 0.385. The van der Waals surface area contributed by atoms with Gasteiger partial charge in [0, 0.05) is 16.9 Å². The lowest BCUT2D eigenvalue weighted by molar-refractivity contribution is -0.131. The van der Waals surface area contributed by atoms with E-state index >= 15 is 0 Å². The van der Waals surface area contributed by atoms with E-state index in [4.69, 9.17) is 5.11 Å². The largest absolute Gasteiger partial charge is 0.478 e. The third-order valence-electron chi connectivity index (χ3n) is 2.59. The van der Waals surface area contributed by atoms with Gasteiger partial charge >= 0.3 is 5.97 Å². The van der Waals surface area contributed by atoms with Crippen molar-refractivity contribution in [3.05, 3.63) is 28.0 Å². The van der Waals surface area contributed by atoms with Gasteiger partial charge in [0.15, 0.2) is 0 Å². The molecule has 0 bridgehead atoms. The zero-order valence-electron chi connectivity index (χ0n) is 10.5. The average Bonchev–Trinajstić information content (AvgIpc) is 2.80. The van der Waals surface area contributed by atoms with Crippen LogP contribution >= 0.6 is 11.3 Å². The number of thiophene rings is 1. The van der Waals surface area contributed by atoms with Crippen LogP contribution < -0.4 is 5.32 Å². The van der Waals surface area contributed by atoms with Crippen LogP contribution in [0.1, 0.15) is 30.7 Å². The zero-order valence-corrected chi connectivity index (χ0v) is 11.3. The van der Waals surface area contributed by atoms with Crippen LogP contribution in [0.3, 0.4) is 0 Å². The van der Waals surface area contributed by atoms with Crippen molar-refractivity contribution in [2.75, 3.05) is 0 Å². The van der Waals surface area contributed by atoms with Gasteiger partial charge in [0.05, 0.1) is 6.54 Å². The van der Waals surface area contributed by atoms with Gasteiger partial charge in [-0.3, -0.25) is 4.79 Å². The summed E-state index contributed by atoms with van der Waals surface area (Å²) in [5.74, 6) is -0.891. The Balaban J connectivity index is 2.49. The molecule has 4 nitrogen and oxygen atoms in total. The molecule has 0 radical (unpaired) electrons. The first-order valence-corrected chi connectivity index (χ1v) is 6.67. The van der Waals surface area contributed by atoms with E-state index in [1.54, 1.807) is 6.08 Å². The molecule has 0 spiro atoms. The minimum Gasteiger partial charge on any atom is -0.478 e. The second-order valence-electron chi connectivity index (χ2n) is 4.05. The molecule has 0 aromatic carbocycles. The SMILES string of the molecule is CCC(C)C(=O)NCc1cc(C=CC(=O)O)cs1. The van der Waals surface area contributed by atoms with Crippen LogP contribution in [0.5, 0.6) is 0 Å². The minimum atomic E-state index is -0.965. The molecule has 98 valence electrons. The van der Waals surface area contributed by atoms with Crippen molar-refractivity contribution in [2.45, 2.75) is 26.8 Å². The summed E-state index contributed by atoms with van der Waals surface area (Å²) in [5, 5.41) is 13.2. The molecule has 1 unspecified atom stereocenters. The normalized spacial score (nSPS) is 12.6. The lowest BCUT2D eigenvalue weighted by Gasteiger charge is -2.08. The van der Waals surface area contributed by atoms with Crippen molar-refractivity contribution in [2.24, 2.45) is 5.92 Å². The van der Waals surface area contributed by atoms with Crippen molar-refractivity contribution in [3.8, 4) is 0 Å². The molecule has 0 aliphatic heterocycles. The summed E-state index contributed by atoms with van der Waals surface area (Å²) in [6.45, 7) is 4.36. The lowest BCUT2D eigenvalue weighted by Crippen LogP contribution is -2.27. The van der Waals surface area contributed by atoms with Crippen molar-refractivity contribution in [1.82, 2.24) is 5.32 Å². The fourth-order valence-electron chi connectivity index (χ4n) is 1.28. The van der Waals surface area contributed by atoms with Gasteiger partial charge < -0.3 is 10.4 Å². The van der Waals surface area contributed by atoms with Crippen molar-refractivity contribution in [3.63, 3.8) is 0 Å². The highest BCUT2D eigenvalue weighted by Crippen LogP contribution is 2.16. The molecule has 1 amide bonds. The van der Waals surface area contributed by atoms with Crippen LogP contribution in [0, 0.1) is 5.92 Å². The molecular formula is C13H17NO3S. The Labute approximate surface area is 110 Å². The highest BCUT2D eigenvalue weighted by Gasteiger charge is 2.09. The maximum Gasteiger partial charge on any atom is 0.328 e.